The van der Waals surface area contributed by atoms with E-state index in [1.165, 1.54) is 12.4 Å². The number of carboxylic acids is 1. The first-order chi connectivity index (χ1) is 11.5. The highest BCUT2D eigenvalue weighted by molar-refractivity contribution is 6.36. The number of fused-ring (bicyclic) bond motifs is 1. The third-order valence-corrected chi connectivity index (χ3v) is 4.21. The molecule has 122 valence electrons. The Morgan fingerprint density at radius 3 is 2.67 bits per heavy atom. The van der Waals surface area contributed by atoms with Gasteiger partial charge in [-0.1, -0.05) is 29.3 Å². The lowest BCUT2D eigenvalue weighted by molar-refractivity contribution is -0.131. The Morgan fingerprint density at radius 2 is 2.00 bits per heavy atom. The number of hydrogen-bond acceptors (Lipinski definition) is 4. The molecule has 0 aliphatic carbocycles. The number of aliphatic carboxylic acids is 1. The van der Waals surface area contributed by atoms with Crippen LogP contribution in [0.2, 0.25) is 10.0 Å². The predicted octanol–water partition coefficient (Wildman–Crippen LogP) is 3.59. The van der Waals surface area contributed by atoms with Gasteiger partial charge in [0.2, 0.25) is 0 Å². The first-order valence-electron chi connectivity index (χ1n) is 6.99. The van der Waals surface area contributed by atoms with Crippen molar-refractivity contribution in [3.63, 3.8) is 0 Å². The Balaban J connectivity index is 2.15. The first kappa shape index (κ1) is 16.4. The minimum Gasteiger partial charge on any atom is -0.478 e. The van der Waals surface area contributed by atoms with Crippen LogP contribution in [0.5, 0.6) is 0 Å². The molecular weight excluding hydrogens is 351 g/mol. The van der Waals surface area contributed by atoms with Crippen molar-refractivity contribution in [2.24, 2.45) is 0 Å². The van der Waals surface area contributed by atoms with Crippen molar-refractivity contribution in [2.45, 2.75) is 13.5 Å². The van der Waals surface area contributed by atoms with Crippen LogP contribution in [-0.4, -0.2) is 30.8 Å². The van der Waals surface area contributed by atoms with Crippen molar-refractivity contribution in [3.05, 3.63) is 57.6 Å². The fraction of sp³-hybridized carbons (Fsp3) is 0.125. The Labute approximate surface area is 147 Å². The van der Waals surface area contributed by atoms with Crippen LogP contribution in [0.15, 0.2) is 30.6 Å². The number of aryl methyl sites for hydroxylation is 1. The average Bonchev–Trinajstić information content (AvgIpc) is 2.88. The number of nitrogens with zero attached hydrogens (tertiary/aromatic N) is 4. The summed E-state index contributed by atoms with van der Waals surface area (Å²) in [7, 11) is 0. The monoisotopic (exact) mass is 362 g/mol. The third-order valence-electron chi connectivity index (χ3n) is 3.50. The summed E-state index contributed by atoms with van der Waals surface area (Å²) in [6.45, 7) is 2.13. The van der Waals surface area contributed by atoms with Crippen LogP contribution in [0, 0.1) is 6.92 Å². The summed E-state index contributed by atoms with van der Waals surface area (Å²) in [5, 5.41) is 15.0. The lowest BCUT2D eigenvalue weighted by atomic mass is 10.2. The summed E-state index contributed by atoms with van der Waals surface area (Å²) in [6, 6.07) is 5.27. The second kappa shape index (κ2) is 6.59. The van der Waals surface area contributed by atoms with E-state index in [0.717, 1.165) is 11.6 Å². The van der Waals surface area contributed by atoms with Gasteiger partial charge < -0.3 is 5.11 Å². The maximum atomic E-state index is 10.8. The largest absolute Gasteiger partial charge is 0.478 e. The van der Waals surface area contributed by atoms with Gasteiger partial charge in [0.15, 0.2) is 5.65 Å². The molecule has 8 heteroatoms. The average molecular weight is 363 g/mol. The second-order valence-electron chi connectivity index (χ2n) is 5.07. The van der Waals surface area contributed by atoms with Crippen LogP contribution < -0.4 is 0 Å². The molecule has 0 aliphatic heterocycles. The molecule has 0 bridgehead atoms. The highest BCUT2D eigenvalue weighted by Gasteiger charge is 2.15. The minimum atomic E-state index is -1.05. The van der Waals surface area contributed by atoms with Gasteiger partial charge in [-0.3, -0.25) is 0 Å². The highest BCUT2D eigenvalue weighted by Crippen LogP contribution is 2.27. The van der Waals surface area contributed by atoms with Crippen LogP contribution in [0.4, 0.5) is 0 Å². The van der Waals surface area contributed by atoms with Crippen LogP contribution in [0.1, 0.15) is 17.0 Å². The van der Waals surface area contributed by atoms with E-state index in [4.69, 9.17) is 28.3 Å². The molecule has 0 unspecified atom stereocenters. The molecule has 0 saturated heterocycles. The molecule has 2 heterocycles. The van der Waals surface area contributed by atoms with E-state index in [1.807, 2.05) is 6.92 Å². The first-order valence-corrected chi connectivity index (χ1v) is 7.75. The number of aromatic nitrogens is 4. The molecule has 3 rings (SSSR count). The van der Waals surface area contributed by atoms with E-state index in [0.29, 0.717) is 39.0 Å². The quantitative estimate of drug-likeness (QED) is 0.717. The molecule has 3 aromatic rings. The van der Waals surface area contributed by atoms with E-state index < -0.39 is 5.97 Å². The van der Waals surface area contributed by atoms with E-state index in [9.17, 15) is 4.79 Å². The molecule has 0 aliphatic rings. The lowest BCUT2D eigenvalue weighted by Gasteiger charge is -2.07. The van der Waals surface area contributed by atoms with Gasteiger partial charge in [-0.05, 0) is 25.1 Å². The van der Waals surface area contributed by atoms with E-state index >= 15 is 0 Å². The number of halogens is 2. The molecule has 1 N–H and O–H groups in total. The maximum Gasteiger partial charge on any atom is 0.328 e. The summed E-state index contributed by atoms with van der Waals surface area (Å²) < 4.78 is 1.64. The van der Waals surface area contributed by atoms with E-state index in [2.05, 4.69) is 15.1 Å². The van der Waals surface area contributed by atoms with Crippen LogP contribution in [0.3, 0.4) is 0 Å². The molecule has 2 aromatic heterocycles. The van der Waals surface area contributed by atoms with Gasteiger partial charge in [-0.15, -0.1) is 0 Å². The van der Waals surface area contributed by atoms with Crippen molar-refractivity contribution < 1.29 is 9.90 Å². The molecule has 24 heavy (non-hydrogen) atoms. The van der Waals surface area contributed by atoms with Crippen LogP contribution in [-0.2, 0) is 11.3 Å². The van der Waals surface area contributed by atoms with Gasteiger partial charge in [0, 0.05) is 21.7 Å². The van der Waals surface area contributed by atoms with E-state index in [-0.39, 0.29) is 0 Å². The van der Waals surface area contributed by atoms with Crippen LogP contribution >= 0.6 is 23.2 Å². The number of carbonyl (C=O) groups is 1. The molecule has 0 radical (unpaired) electrons. The van der Waals surface area contributed by atoms with Crippen LogP contribution in [0.25, 0.3) is 17.1 Å². The summed E-state index contributed by atoms with van der Waals surface area (Å²) in [5.74, 6) is -1.05. The Morgan fingerprint density at radius 1 is 1.29 bits per heavy atom. The summed E-state index contributed by atoms with van der Waals surface area (Å²) >= 11 is 12.4. The Bertz CT molecular complexity index is 946. The van der Waals surface area contributed by atoms with Gasteiger partial charge >= 0.3 is 5.97 Å². The van der Waals surface area contributed by atoms with Gasteiger partial charge in [0.1, 0.15) is 6.33 Å². The number of carboxylic acid groups (broad SMARTS) is 1. The zero-order valence-electron chi connectivity index (χ0n) is 12.6. The smallest absolute Gasteiger partial charge is 0.328 e. The highest BCUT2D eigenvalue weighted by atomic mass is 35.5. The van der Waals surface area contributed by atoms with Gasteiger partial charge in [-0.25, -0.2) is 19.4 Å². The summed E-state index contributed by atoms with van der Waals surface area (Å²) in [5.41, 5.74) is 2.49. The zero-order valence-corrected chi connectivity index (χ0v) is 14.1. The summed E-state index contributed by atoms with van der Waals surface area (Å²) in [4.78, 5) is 19.2. The topological polar surface area (TPSA) is 80.9 Å². The second-order valence-corrected chi connectivity index (χ2v) is 5.89. The molecule has 0 amide bonds. The standard InChI is InChI=1S/C16H12Cl2N4O2/c1-9-15-13(5-6-14(23)24)21-22(16(15)20-8-19-9)7-10-11(17)3-2-4-12(10)18/h2-6,8H,7H2,1H3,(H,23,24)/b6-5+. The number of rotatable bonds is 4. The normalized spacial score (nSPS) is 11.5. The molecular formula is C16H12Cl2N4O2. The molecule has 0 saturated carbocycles. The number of hydrogen-bond donors (Lipinski definition) is 1. The fourth-order valence-corrected chi connectivity index (χ4v) is 2.91. The van der Waals surface area contributed by atoms with Crippen molar-refractivity contribution >= 4 is 46.3 Å². The maximum absolute atomic E-state index is 10.8. The lowest BCUT2D eigenvalue weighted by Crippen LogP contribution is -2.04. The number of benzene rings is 1. The van der Waals surface area contributed by atoms with Crippen molar-refractivity contribution in [1.82, 2.24) is 19.7 Å². The van der Waals surface area contributed by atoms with E-state index in [1.54, 1.807) is 22.9 Å². The molecule has 0 atom stereocenters. The molecule has 1 aromatic carbocycles. The zero-order chi connectivity index (χ0) is 17.3. The fourth-order valence-electron chi connectivity index (χ4n) is 2.39. The van der Waals surface area contributed by atoms with Gasteiger partial charge in [-0.2, -0.15) is 5.10 Å². The predicted molar refractivity (Wildman–Crippen MR) is 92.3 cm³/mol. The SMILES string of the molecule is Cc1ncnc2c1c(/C=C/C(=O)O)nn2Cc1c(Cl)cccc1Cl. The molecule has 0 spiro atoms. The van der Waals surface area contributed by atoms with Crippen molar-refractivity contribution in [3.8, 4) is 0 Å². The third kappa shape index (κ3) is 3.11. The Kier molecular flexibility index (Phi) is 4.51. The Hall–Kier alpha value is -2.44. The van der Waals surface area contributed by atoms with Crippen molar-refractivity contribution in [1.29, 1.82) is 0 Å². The molecule has 6 nitrogen and oxygen atoms in total. The van der Waals surface area contributed by atoms with Crippen molar-refractivity contribution in [2.75, 3.05) is 0 Å². The molecule has 0 fully saturated rings. The van der Waals surface area contributed by atoms with Gasteiger partial charge in [0.05, 0.1) is 23.3 Å². The minimum absolute atomic E-state index is 0.312. The van der Waals surface area contributed by atoms with Gasteiger partial charge in [0.25, 0.3) is 0 Å². The summed E-state index contributed by atoms with van der Waals surface area (Å²) in [6.07, 6.45) is 3.89.